The molecule has 1 N–H and O–H groups in total. The van der Waals surface area contributed by atoms with Crippen LogP contribution in [0.25, 0.3) is 4.72 Å². The molecule has 2 aromatic rings. The Hall–Kier alpha value is -0.754. The van der Waals surface area contributed by atoms with Crippen LogP contribution in [0, 0.1) is 0 Å². The number of fused-ring (bicyclic) bond motifs is 2. The second kappa shape index (κ2) is 9.24. The van der Waals surface area contributed by atoms with Crippen molar-refractivity contribution in [3.05, 3.63) is 51.3 Å². The van der Waals surface area contributed by atoms with Gasteiger partial charge in [0.05, 0.1) is 11.8 Å². The molecule has 31 heavy (non-hydrogen) atoms. The number of likely N-dealkylation sites (tertiary alicyclic amines) is 1. The molecule has 1 aromatic heterocycles. The molecule has 160 valence electrons. The number of aromatic nitrogens is 2. The average molecular weight is 468 g/mol. The van der Waals surface area contributed by atoms with Crippen molar-refractivity contribution in [2.45, 2.75) is 50.3 Å². The number of sulfonamides is 1. The summed E-state index contributed by atoms with van der Waals surface area (Å²) < 4.78 is 30.8. The number of benzene rings is 1. The molecule has 5 rings (SSSR count). The van der Waals surface area contributed by atoms with Gasteiger partial charge in [0.15, 0.2) is 16.1 Å². The Balaban J connectivity index is 0.00000231. The van der Waals surface area contributed by atoms with Gasteiger partial charge in [-0.25, -0.2) is 13.4 Å². The Kier molecular flexibility index (Phi) is 6.98. The molecule has 1 saturated heterocycles. The van der Waals surface area contributed by atoms with Gasteiger partial charge in [-0.3, -0.25) is 9.69 Å². The van der Waals surface area contributed by atoms with Crippen LogP contribution in [-0.2, 0) is 49.3 Å². The Morgan fingerprint density at radius 3 is 2.39 bits per heavy atom. The molecule has 0 radical (unpaired) electrons. The minimum atomic E-state index is -3.85. The zero-order chi connectivity index (χ0) is 20.9. The number of aryl methyl sites for hydroxylation is 3. The van der Waals surface area contributed by atoms with Gasteiger partial charge in [0, 0.05) is 32.5 Å². The fraction of sp³-hybridized carbons (Fsp3) is 0.524. The maximum absolute atomic E-state index is 12.6. The molecular formula is C21H26KN5O3S. The van der Waals surface area contributed by atoms with Crippen molar-refractivity contribution in [1.82, 2.24) is 14.5 Å². The van der Waals surface area contributed by atoms with Crippen molar-refractivity contribution in [2.75, 3.05) is 18.4 Å². The van der Waals surface area contributed by atoms with Gasteiger partial charge in [0.2, 0.25) is 0 Å². The number of amides is 2. The number of imidazole rings is 1. The van der Waals surface area contributed by atoms with E-state index in [1.807, 2.05) is 22.7 Å². The van der Waals surface area contributed by atoms with Gasteiger partial charge in [-0.15, -0.1) is 0 Å². The summed E-state index contributed by atoms with van der Waals surface area (Å²) in [7, 11) is -1.94. The first-order chi connectivity index (χ1) is 14.4. The predicted molar refractivity (Wildman–Crippen MR) is 114 cm³/mol. The minimum absolute atomic E-state index is 0. The van der Waals surface area contributed by atoms with Crippen LogP contribution in [0.1, 0.15) is 40.9 Å². The maximum atomic E-state index is 12.6. The van der Waals surface area contributed by atoms with Crippen molar-refractivity contribution in [3.63, 3.8) is 0 Å². The summed E-state index contributed by atoms with van der Waals surface area (Å²) in [5.41, 5.74) is 5.74. The van der Waals surface area contributed by atoms with Crippen molar-refractivity contribution in [3.8, 4) is 0 Å². The van der Waals surface area contributed by atoms with E-state index in [1.54, 1.807) is 6.20 Å². The van der Waals surface area contributed by atoms with Crippen molar-refractivity contribution in [1.29, 1.82) is 0 Å². The molecule has 1 aromatic carbocycles. The number of hydrogen-bond donors (Lipinski definition) is 1. The summed E-state index contributed by atoms with van der Waals surface area (Å²) in [4.78, 5) is 18.8. The summed E-state index contributed by atoms with van der Waals surface area (Å²) in [6.07, 6.45) is 9.63. The molecule has 1 fully saturated rings. The van der Waals surface area contributed by atoms with E-state index in [4.69, 9.17) is 0 Å². The first-order valence-electron chi connectivity index (χ1n) is 10.5. The molecule has 2 amide bonds. The number of nitrogens with one attached hydrogen (secondary N) is 1. The van der Waals surface area contributed by atoms with Crippen molar-refractivity contribution in [2.24, 2.45) is 7.05 Å². The van der Waals surface area contributed by atoms with E-state index < -0.39 is 21.3 Å². The molecule has 1 aliphatic heterocycles. The van der Waals surface area contributed by atoms with Crippen LogP contribution < -0.4 is 56.7 Å². The molecule has 0 spiro atoms. The molecule has 3 aliphatic rings. The van der Waals surface area contributed by atoms with E-state index in [2.05, 4.69) is 21.1 Å². The molecule has 0 bridgehead atoms. The van der Waals surface area contributed by atoms with Gasteiger partial charge in [0.25, 0.3) is 0 Å². The second-order valence-corrected chi connectivity index (χ2v) is 10.4. The number of urea groups is 1. The van der Waals surface area contributed by atoms with E-state index in [9.17, 15) is 13.2 Å². The van der Waals surface area contributed by atoms with Crippen LogP contribution in [0.2, 0.25) is 0 Å². The van der Waals surface area contributed by atoms with Crippen LogP contribution in [0.4, 0.5) is 10.5 Å². The standard InChI is InChI=1S/C21H27N5O3S.K/c1-25-9-8-22-19(25)13-26-11-16(12-26)30(28,29)24-21(27)23-20-17-6-2-4-14(17)10-15-5-3-7-18(15)20;/h8-10,16H,2-7,11-13H2,1H3,(H2,23,24,27);/q;+1/p-1. The molecule has 2 heterocycles. The van der Waals surface area contributed by atoms with Crippen molar-refractivity contribution < 1.29 is 64.6 Å². The maximum Gasteiger partial charge on any atom is 1.00 e. The van der Waals surface area contributed by atoms with Crippen molar-refractivity contribution >= 4 is 21.7 Å². The largest absolute Gasteiger partial charge is 1.00 e. The van der Waals surface area contributed by atoms with Crippen LogP contribution in [0.5, 0.6) is 0 Å². The molecule has 0 atom stereocenters. The molecular weight excluding hydrogens is 441 g/mol. The first-order valence-corrected chi connectivity index (χ1v) is 12.0. The number of carbonyl (C=O) groups is 1. The molecule has 8 nitrogen and oxygen atoms in total. The number of nitrogens with zero attached hydrogens (tertiary/aromatic N) is 4. The molecule has 0 unspecified atom stereocenters. The zero-order valence-corrected chi connectivity index (χ0v) is 22.0. The Labute approximate surface area is 225 Å². The fourth-order valence-corrected chi connectivity index (χ4v) is 6.10. The summed E-state index contributed by atoms with van der Waals surface area (Å²) in [5.74, 6) is 0.882. The molecule has 2 aliphatic carbocycles. The van der Waals surface area contributed by atoms with Gasteiger partial charge in [-0.1, -0.05) is 6.07 Å². The van der Waals surface area contributed by atoms with Crippen LogP contribution >= 0.6 is 0 Å². The third kappa shape index (κ3) is 4.66. The third-order valence-corrected chi connectivity index (χ3v) is 8.11. The summed E-state index contributed by atoms with van der Waals surface area (Å²) in [6.45, 7) is 1.31. The van der Waals surface area contributed by atoms with E-state index in [0.717, 1.165) is 50.0 Å². The normalized spacial score (nSPS) is 18.1. The number of carbonyl (C=O) groups excluding carboxylic acids is 1. The van der Waals surface area contributed by atoms with Crippen LogP contribution in [-0.4, -0.2) is 47.2 Å². The molecule has 0 saturated carbocycles. The Morgan fingerprint density at radius 2 is 1.81 bits per heavy atom. The van der Waals surface area contributed by atoms with Gasteiger partial charge >= 0.3 is 51.4 Å². The molecule has 10 heteroatoms. The first kappa shape index (κ1) is 23.4. The van der Waals surface area contributed by atoms with Gasteiger partial charge < -0.3 is 14.6 Å². The summed E-state index contributed by atoms with van der Waals surface area (Å²) in [6, 6.07) is 1.51. The average Bonchev–Trinajstić information content (AvgIpc) is 3.37. The van der Waals surface area contributed by atoms with Crippen LogP contribution in [0.3, 0.4) is 0 Å². The minimum Gasteiger partial charge on any atom is -0.423 e. The summed E-state index contributed by atoms with van der Waals surface area (Å²) >= 11 is 0. The Morgan fingerprint density at radius 1 is 1.16 bits per heavy atom. The van der Waals surface area contributed by atoms with Gasteiger partial charge in [0.1, 0.15) is 5.82 Å². The monoisotopic (exact) mass is 467 g/mol. The van der Waals surface area contributed by atoms with Gasteiger partial charge in [-0.2, -0.15) is 0 Å². The van der Waals surface area contributed by atoms with E-state index in [0.29, 0.717) is 19.6 Å². The fourth-order valence-electron chi connectivity index (χ4n) is 4.88. The van der Waals surface area contributed by atoms with E-state index in [1.165, 1.54) is 22.3 Å². The van der Waals surface area contributed by atoms with Crippen LogP contribution in [0.15, 0.2) is 18.5 Å². The zero-order valence-electron chi connectivity index (χ0n) is 18.1. The number of hydrogen-bond acceptors (Lipinski definition) is 5. The predicted octanol–water partition coefficient (Wildman–Crippen LogP) is -0.479. The number of rotatable bonds is 5. The van der Waals surface area contributed by atoms with Gasteiger partial charge in [-0.05, 0) is 66.5 Å². The quantitative estimate of drug-likeness (QED) is 0.599. The third-order valence-electron chi connectivity index (χ3n) is 6.55. The second-order valence-electron chi connectivity index (χ2n) is 8.54. The smallest absolute Gasteiger partial charge is 0.423 e. The summed E-state index contributed by atoms with van der Waals surface area (Å²) in [5, 5.41) is 2.20. The SMILES string of the molecule is Cn1ccnc1CN1CC(S(=O)(=O)[N-]C(=O)Nc2c3c(cc4c2CCC4)CCC3)C1.[K+]. The Bertz CT molecular complexity index is 1080. The van der Waals surface area contributed by atoms with E-state index >= 15 is 0 Å². The number of anilines is 1. The topological polar surface area (TPSA) is 98.4 Å². The van der Waals surface area contributed by atoms with E-state index in [-0.39, 0.29) is 51.4 Å².